The first-order valence-electron chi connectivity index (χ1n) is 12.7. The standard InChI is InChI=1S/C28H36N4O4/c1-21-7-6-8-22(2)27(21)29-25(33)19-30-15-17-32(18-16-30)28(35)23-11-13-31(14-12-23)26(34)20-36-24-9-4-3-5-10-24/h3-10,23H,11-20H2,1-2H3,(H,29,33). The molecule has 2 heterocycles. The number of para-hydroxylation sites is 2. The summed E-state index contributed by atoms with van der Waals surface area (Å²) < 4.78 is 5.57. The summed E-state index contributed by atoms with van der Waals surface area (Å²) in [4.78, 5) is 44.0. The van der Waals surface area contributed by atoms with Crippen molar-refractivity contribution in [3.05, 3.63) is 59.7 Å². The van der Waals surface area contributed by atoms with Crippen molar-refractivity contribution in [3.8, 4) is 5.75 Å². The van der Waals surface area contributed by atoms with Crippen LogP contribution in [0.25, 0.3) is 0 Å². The number of amides is 3. The highest BCUT2D eigenvalue weighted by atomic mass is 16.5. The number of likely N-dealkylation sites (tertiary alicyclic amines) is 1. The zero-order valence-electron chi connectivity index (χ0n) is 21.2. The molecule has 0 bridgehead atoms. The van der Waals surface area contributed by atoms with E-state index in [0.29, 0.717) is 64.4 Å². The molecule has 3 amide bonds. The van der Waals surface area contributed by atoms with Gasteiger partial charge < -0.3 is 19.9 Å². The van der Waals surface area contributed by atoms with Crippen molar-refractivity contribution >= 4 is 23.4 Å². The van der Waals surface area contributed by atoms with Crippen LogP contribution in [0.1, 0.15) is 24.0 Å². The molecule has 2 fully saturated rings. The third-order valence-corrected chi connectivity index (χ3v) is 7.10. The summed E-state index contributed by atoms with van der Waals surface area (Å²) >= 11 is 0. The Balaban J connectivity index is 1.17. The first-order valence-corrected chi connectivity index (χ1v) is 12.7. The van der Waals surface area contributed by atoms with E-state index in [4.69, 9.17) is 4.74 Å². The highest BCUT2D eigenvalue weighted by Gasteiger charge is 2.32. The maximum absolute atomic E-state index is 13.1. The molecule has 2 aromatic rings. The van der Waals surface area contributed by atoms with Gasteiger partial charge in [-0.2, -0.15) is 0 Å². The van der Waals surface area contributed by atoms with E-state index in [-0.39, 0.29) is 30.2 Å². The van der Waals surface area contributed by atoms with Crippen molar-refractivity contribution < 1.29 is 19.1 Å². The Morgan fingerprint density at radius 3 is 2.11 bits per heavy atom. The molecule has 8 nitrogen and oxygen atoms in total. The van der Waals surface area contributed by atoms with Crippen LogP contribution in [0.2, 0.25) is 0 Å². The van der Waals surface area contributed by atoms with Gasteiger partial charge in [0.15, 0.2) is 6.61 Å². The lowest BCUT2D eigenvalue weighted by Crippen LogP contribution is -2.53. The third kappa shape index (κ3) is 6.63. The predicted octanol–water partition coefficient (Wildman–Crippen LogP) is 2.70. The fourth-order valence-electron chi connectivity index (χ4n) is 4.91. The van der Waals surface area contributed by atoms with E-state index in [2.05, 4.69) is 10.2 Å². The number of piperidine rings is 1. The number of piperazine rings is 1. The largest absolute Gasteiger partial charge is 0.484 e. The van der Waals surface area contributed by atoms with E-state index in [1.54, 1.807) is 4.90 Å². The molecule has 8 heteroatoms. The molecular formula is C28H36N4O4. The number of carbonyl (C=O) groups excluding carboxylic acids is 3. The van der Waals surface area contributed by atoms with Gasteiger partial charge in [-0.3, -0.25) is 19.3 Å². The van der Waals surface area contributed by atoms with E-state index < -0.39 is 0 Å². The molecule has 2 aromatic carbocycles. The lowest BCUT2D eigenvalue weighted by molar-refractivity contribution is -0.142. The second-order valence-corrected chi connectivity index (χ2v) is 9.67. The topological polar surface area (TPSA) is 82.2 Å². The van der Waals surface area contributed by atoms with E-state index in [9.17, 15) is 14.4 Å². The Kier molecular flexibility index (Phi) is 8.59. The minimum absolute atomic E-state index is 0.0154. The Morgan fingerprint density at radius 2 is 1.47 bits per heavy atom. The monoisotopic (exact) mass is 492 g/mol. The molecule has 0 atom stereocenters. The summed E-state index contributed by atoms with van der Waals surface area (Å²) in [5.74, 6) is 0.723. The Bertz CT molecular complexity index is 1040. The number of hydrogen-bond donors (Lipinski definition) is 1. The minimum Gasteiger partial charge on any atom is -0.484 e. The third-order valence-electron chi connectivity index (χ3n) is 7.10. The number of rotatable bonds is 7. The lowest BCUT2D eigenvalue weighted by atomic mass is 9.95. The second-order valence-electron chi connectivity index (χ2n) is 9.67. The van der Waals surface area contributed by atoms with Gasteiger partial charge in [0.05, 0.1) is 6.54 Å². The van der Waals surface area contributed by atoms with Gasteiger partial charge in [0.25, 0.3) is 5.91 Å². The van der Waals surface area contributed by atoms with Gasteiger partial charge >= 0.3 is 0 Å². The molecule has 0 aliphatic carbocycles. The lowest BCUT2D eigenvalue weighted by Gasteiger charge is -2.38. The molecule has 36 heavy (non-hydrogen) atoms. The molecule has 192 valence electrons. The molecule has 2 aliphatic rings. The maximum Gasteiger partial charge on any atom is 0.260 e. The average molecular weight is 493 g/mol. The predicted molar refractivity (Wildman–Crippen MR) is 139 cm³/mol. The smallest absolute Gasteiger partial charge is 0.260 e. The van der Waals surface area contributed by atoms with Crippen molar-refractivity contribution in [1.29, 1.82) is 0 Å². The summed E-state index contributed by atoms with van der Waals surface area (Å²) in [6.07, 6.45) is 1.35. The van der Waals surface area contributed by atoms with Gasteiger partial charge in [0, 0.05) is 50.9 Å². The Hall–Kier alpha value is -3.39. The number of nitrogens with zero attached hydrogens (tertiary/aromatic N) is 3. The first-order chi connectivity index (χ1) is 17.4. The molecule has 2 saturated heterocycles. The number of hydrogen-bond acceptors (Lipinski definition) is 5. The van der Waals surface area contributed by atoms with E-state index in [1.165, 1.54) is 0 Å². The van der Waals surface area contributed by atoms with Crippen LogP contribution in [-0.4, -0.2) is 84.8 Å². The zero-order chi connectivity index (χ0) is 25.5. The van der Waals surface area contributed by atoms with Crippen LogP contribution >= 0.6 is 0 Å². The molecular weight excluding hydrogens is 456 g/mol. The summed E-state index contributed by atoms with van der Waals surface area (Å²) in [6.45, 7) is 8.08. The van der Waals surface area contributed by atoms with Crippen LogP contribution in [-0.2, 0) is 14.4 Å². The quantitative estimate of drug-likeness (QED) is 0.643. The number of anilines is 1. The van der Waals surface area contributed by atoms with Crippen LogP contribution in [0.5, 0.6) is 5.75 Å². The van der Waals surface area contributed by atoms with Crippen molar-refractivity contribution in [1.82, 2.24) is 14.7 Å². The zero-order valence-corrected chi connectivity index (χ0v) is 21.2. The SMILES string of the molecule is Cc1cccc(C)c1NC(=O)CN1CCN(C(=O)C2CCN(C(=O)COc3ccccc3)CC2)CC1. The van der Waals surface area contributed by atoms with Crippen molar-refractivity contribution in [2.24, 2.45) is 5.92 Å². The normalized spacial score (nSPS) is 17.1. The molecule has 0 unspecified atom stereocenters. The number of aryl methyl sites for hydroxylation is 2. The van der Waals surface area contributed by atoms with Gasteiger partial charge in [-0.1, -0.05) is 36.4 Å². The summed E-state index contributed by atoms with van der Waals surface area (Å²) in [5.41, 5.74) is 2.98. The van der Waals surface area contributed by atoms with E-state index in [1.807, 2.05) is 67.3 Å². The number of benzene rings is 2. The number of ether oxygens (including phenoxy) is 1. The molecule has 0 radical (unpaired) electrons. The van der Waals surface area contributed by atoms with Gasteiger partial charge in [0.2, 0.25) is 11.8 Å². The van der Waals surface area contributed by atoms with E-state index in [0.717, 1.165) is 16.8 Å². The van der Waals surface area contributed by atoms with E-state index >= 15 is 0 Å². The van der Waals surface area contributed by atoms with Crippen molar-refractivity contribution in [3.63, 3.8) is 0 Å². The van der Waals surface area contributed by atoms with Crippen LogP contribution in [0, 0.1) is 19.8 Å². The second kappa shape index (κ2) is 12.0. The van der Waals surface area contributed by atoms with Gasteiger partial charge in [-0.25, -0.2) is 0 Å². The van der Waals surface area contributed by atoms with Crippen LogP contribution < -0.4 is 10.1 Å². The van der Waals surface area contributed by atoms with Crippen LogP contribution in [0.15, 0.2) is 48.5 Å². The molecule has 2 aliphatic heterocycles. The summed E-state index contributed by atoms with van der Waals surface area (Å²) in [7, 11) is 0. The fraction of sp³-hybridized carbons (Fsp3) is 0.464. The molecule has 0 spiro atoms. The van der Waals surface area contributed by atoms with Crippen LogP contribution in [0.3, 0.4) is 0 Å². The summed E-state index contributed by atoms with van der Waals surface area (Å²) in [5, 5.41) is 3.04. The molecule has 0 aromatic heterocycles. The van der Waals surface area contributed by atoms with Gasteiger partial charge in [-0.05, 0) is 49.9 Å². The van der Waals surface area contributed by atoms with Crippen LogP contribution in [0.4, 0.5) is 5.69 Å². The molecule has 4 rings (SSSR count). The van der Waals surface area contributed by atoms with Gasteiger partial charge in [0.1, 0.15) is 5.75 Å². The Morgan fingerprint density at radius 1 is 0.833 bits per heavy atom. The Labute approximate surface area is 213 Å². The van der Waals surface area contributed by atoms with Crippen molar-refractivity contribution in [2.75, 3.05) is 57.7 Å². The average Bonchev–Trinajstić information content (AvgIpc) is 2.90. The highest BCUT2D eigenvalue weighted by molar-refractivity contribution is 5.93. The highest BCUT2D eigenvalue weighted by Crippen LogP contribution is 2.22. The van der Waals surface area contributed by atoms with Crippen molar-refractivity contribution in [2.45, 2.75) is 26.7 Å². The fourth-order valence-corrected chi connectivity index (χ4v) is 4.91. The number of carbonyl (C=O) groups is 3. The molecule has 0 saturated carbocycles. The molecule has 1 N–H and O–H groups in total. The van der Waals surface area contributed by atoms with Gasteiger partial charge in [-0.15, -0.1) is 0 Å². The summed E-state index contributed by atoms with van der Waals surface area (Å²) in [6, 6.07) is 15.3. The first kappa shape index (κ1) is 25.7. The number of nitrogens with one attached hydrogen (secondary N) is 1. The maximum atomic E-state index is 13.1. The minimum atomic E-state index is -0.0528.